The topological polar surface area (TPSA) is 99.9 Å². The highest BCUT2D eigenvalue weighted by molar-refractivity contribution is 7.99. The van der Waals surface area contributed by atoms with Crippen LogP contribution in [0.1, 0.15) is 33.6 Å². The van der Waals surface area contributed by atoms with E-state index in [1.54, 1.807) is 33.3 Å². The van der Waals surface area contributed by atoms with Crippen LogP contribution in [0.3, 0.4) is 0 Å². The van der Waals surface area contributed by atoms with E-state index in [9.17, 15) is 9.59 Å². The van der Waals surface area contributed by atoms with Crippen molar-refractivity contribution >= 4 is 40.7 Å². The molecule has 0 saturated carbocycles. The molecule has 3 aromatic rings. The molecule has 0 saturated heterocycles. The fourth-order valence-electron chi connectivity index (χ4n) is 3.10. The van der Waals surface area contributed by atoms with Gasteiger partial charge in [0.15, 0.2) is 11.5 Å². The average molecular weight is 491 g/mol. The molecule has 1 aromatic carbocycles. The smallest absolute Gasteiger partial charge is 0.350 e. The van der Waals surface area contributed by atoms with Crippen LogP contribution < -0.4 is 14.8 Å². The zero-order valence-corrected chi connectivity index (χ0v) is 20.8. The van der Waals surface area contributed by atoms with E-state index in [1.165, 1.54) is 23.1 Å². The number of anilines is 1. The Morgan fingerprint density at radius 1 is 1.15 bits per heavy atom. The summed E-state index contributed by atoms with van der Waals surface area (Å²) in [5.74, 6) is 2.06. The lowest BCUT2D eigenvalue weighted by atomic mass is 10.1. The van der Waals surface area contributed by atoms with Crippen LogP contribution in [0.15, 0.2) is 28.8 Å². The van der Waals surface area contributed by atoms with Gasteiger partial charge in [0.05, 0.1) is 38.0 Å². The second-order valence-electron chi connectivity index (χ2n) is 6.99. The minimum absolute atomic E-state index is 0.214. The van der Waals surface area contributed by atoms with Gasteiger partial charge in [0.25, 0.3) is 0 Å². The number of thiophene rings is 1. The Bertz CT molecular complexity index is 1120. The van der Waals surface area contributed by atoms with Gasteiger partial charge in [-0.3, -0.25) is 4.79 Å². The lowest BCUT2D eigenvalue weighted by Crippen LogP contribution is -2.16. The molecule has 2 heterocycles. The first-order chi connectivity index (χ1) is 15.9. The number of benzene rings is 1. The number of thioether (sulfide) groups is 1. The van der Waals surface area contributed by atoms with Crippen molar-refractivity contribution in [3.63, 3.8) is 0 Å². The first-order valence-corrected chi connectivity index (χ1v) is 12.2. The molecule has 3 rings (SSSR count). The highest BCUT2D eigenvalue weighted by Gasteiger charge is 2.21. The van der Waals surface area contributed by atoms with Gasteiger partial charge in [-0.05, 0) is 50.6 Å². The summed E-state index contributed by atoms with van der Waals surface area (Å²) in [6.07, 6.45) is 0. The number of ether oxygens (including phenoxy) is 3. The van der Waals surface area contributed by atoms with Crippen LogP contribution in [-0.4, -0.2) is 43.6 Å². The first kappa shape index (κ1) is 24.7. The Morgan fingerprint density at radius 2 is 1.91 bits per heavy atom. The van der Waals surface area contributed by atoms with Crippen LogP contribution in [-0.2, 0) is 15.3 Å². The number of carbonyl (C=O) groups excluding carboxylic acids is 2. The van der Waals surface area contributed by atoms with Gasteiger partial charge in [-0.1, -0.05) is 5.16 Å². The van der Waals surface area contributed by atoms with Crippen LogP contribution in [0.2, 0.25) is 0 Å². The van der Waals surface area contributed by atoms with Gasteiger partial charge >= 0.3 is 5.97 Å². The molecule has 0 radical (unpaired) electrons. The maximum Gasteiger partial charge on any atom is 0.350 e. The Hall–Kier alpha value is -2.98. The van der Waals surface area contributed by atoms with Crippen molar-refractivity contribution in [2.24, 2.45) is 0 Å². The van der Waals surface area contributed by atoms with E-state index in [-0.39, 0.29) is 18.3 Å². The summed E-state index contributed by atoms with van der Waals surface area (Å²) < 4.78 is 21.0. The van der Waals surface area contributed by atoms with Crippen LogP contribution >= 0.6 is 23.1 Å². The molecule has 0 aliphatic rings. The number of esters is 1. The van der Waals surface area contributed by atoms with Crippen LogP contribution in [0.4, 0.5) is 5.69 Å². The second-order valence-corrected chi connectivity index (χ2v) is 9.03. The fourth-order valence-corrected chi connectivity index (χ4v) is 5.08. The first-order valence-electron chi connectivity index (χ1n) is 10.2. The maximum absolute atomic E-state index is 12.6. The van der Waals surface area contributed by atoms with Gasteiger partial charge in [0.1, 0.15) is 10.6 Å². The molecular weight excluding hydrogens is 464 g/mol. The van der Waals surface area contributed by atoms with Gasteiger partial charge in [-0.2, -0.15) is 0 Å². The summed E-state index contributed by atoms with van der Waals surface area (Å²) in [5, 5.41) is 6.78. The highest BCUT2D eigenvalue weighted by Crippen LogP contribution is 2.39. The zero-order chi connectivity index (χ0) is 24.0. The molecule has 33 heavy (non-hydrogen) atoms. The Balaban J connectivity index is 1.78. The Kier molecular flexibility index (Phi) is 8.40. The van der Waals surface area contributed by atoms with Gasteiger partial charge < -0.3 is 24.1 Å². The third-order valence-corrected chi connectivity index (χ3v) is 6.92. The highest BCUT2D eigenvalue weighted by atomic mass is 32.2. The number of nitrogens with one attached hydrogen (secondary N) is 1. The van der Waals surface area contributed by atoms with Crippen LogP contribution in [0.25, 0.3) is 10.4 Å². The standard InChI is InChI=1S/C23H26N2O6S2/c1-6-30-23(27)22-17(24-21(26)12-32-11-16-13(2)25-31-14(16)3)10-20(33-22)15-7-8-18(28-4)19(9-15)29-5/h7-10H,6,11-12H2,1-5H3,(H,24,26). The van der Waals surface area contributed by atoms with Crippen LogP contribution in [0, 0.1) is 13.8 Å². The lowest BCUT2D eigenvalue weighted by Gasteiger charge is -2.08. The lowest BCUT2D eigenvalue weighted by molar-refractivity contribution is -0.113. The van der Waals surface area contributed by atoms with E-state index in [0.29, 0.717) is 27.8 Å². The Labute approximate surface area is 200 Å². The number of hydrogen-bond acceptors (Lipinski definition) is 9. The largest absolute Gasteiger partial charge is 0.493 e. The number of nitrogens with zero attached hydrogens (tertiary/aromatic N) is 1. The summed E-state index contributed by atoms with van der Waals surface area (Å²) >= 11 is 2.70. The zero-order valence-electron chi connectivity index (χ0n) is 19.1. The molecule has 8 nitrogen and oxygen atoms in total. The molecule has 0 atom stereocenters. The summed E-state index contributed by atoms with van der Waals surface area (Å²) in [6, 6.07) is 7.26. The molecule has 1 amide bonds. The third-order valence-electron chi connectivity index (χ3n) is 4.80. The predicted molar refractivity (Wildman–Crippen MR) is 130 cm³/mol. The van der Waals surface area contributed by atoms with E-state index in [0.717, 1.165) is 27.5 Å². The van der Waals surface area contributed by atoms with Gasteiger partial charge in [-0.25, -0.2) is 4.79 Å². The van der Waals surface area contributed by atoms with Crippen molar-refractivity contribution in [1.82, 2.24) is 5.16 Å². The predicted octanol–water partition coefficient (Wildman–Crippen LogP) is 5.09. The van der Waals surface area contributed by atoms with Crippen LogP contribution in [0.5, 0.6) is 11.5 Å². The Morgan fingerprint density at radius 3 is 2.55 bits per heavy atom. The van der Waals surface area contributed by atoms with Gasteiger partial charge in [0, 0.05) is 16.2 Å². The molecule has 0 unspecified atom stereocenters. The SMILES string of the molecule is CCOC(=O)c1sc(-c2ccc(OC)c(OC)c2)cc1NC(=O)CSCc1c(C)noc1C. The quantitative estimate of drug-likeness (QED) is 0.393. The molecule has 0 bridgehead atoms. The average Bonchev–Trinajstić information content (AvgIpc) is 3.37. The molecular formula is C23H26N2O6S2. The molecule has 2 aromatic heterocycles. The number of aryl methyl sites for hydroxylation is 2. The van der Waals surface area contributed by atoms with Crippen molar-refractivity contribution in [2.45, 2.75) is 26.5 Å². The number of aromatic nitrogens is 1. The normalized spacial score (nSPS) is 10.7. The van der Waals surface area contributed by atoms with E-state index in [1.807, 2.05) is 26.0 Å². The number of rotatable bonds is 10. The summed E-state index contributed by atoms with van der Waals surface area (Å²) in [5.41, 5.74) is 3.07. The summed E-state index contributed by atoms with van der Waals surface area (Å²) in [6.45, 7) is 5.70. The third kappa shape index (κ3) is 5.88. The minimum Gasteiger partial charge on any atom is -0.493 e. The van der Waals surface area contributed by atoms with Gasteiger partial charge in [-0.15, -0.1) is 23.1 Å². The molecule has 0 aliphatic carbocycles. The number of hydrogen-bond donors (Lipinski definition) is 1. The monoisotopic (exact) mass is 490 g/mol. The van der Waals surface area contributed by atoms with Crippen molar-refractivity contribution < 1.29 is 28.3 Å². The fraction of sp³-hybridized carbons (Fsp3) is 0.348. The summed E-state index contributed by atoms with van der Waals surface area (Å²) in [7, 11) is 3.13. The molecule has 176 valence electrons. The van der Waals surface area contributed by atoms with E-state index in [4.69, 9.17) is 18.7 Å². The van der Waals surface area contributed by atoms with Crippen molar-refractivity contribution in [2.75, 3.05) is 31.9 Å². The van der Waals surface area contributed by atoms with E-state index >= 15 is 0 Å². The second kappa shape index (κ2) is 11.2. The molecule has 1 N–H and O–H groups in total. The van der Waals surface area contributed by atoms with Crippen molar-refractivity contribution in [1.29, 1.82) is 0 Å². The molecule has 0 spiro atoms. The molecule has 10 heteroatoms. The minimum atomic E-state index is -0.479. The van der Waals surface area contributed by atoms with Crippen molar-refractivity contribution in [3.8, 4) is 21.9 Å². The number of amides is 1. The van der Waals surface area contributed by atoms with Crippen molar-refractivity contribution in [3.05, 3.63) is 46.2 Å². The summed E-state index contributed by atoms with van der Waals surface area (Å²) in [4.78, 5) is 26.3. The maximum atomic E-state index is 12.6. The van der Waals surface area contributed by atoms with E-state index < -0.39 is 5.97 Å². The molecule has 0 aliphatic heterocycles. The van der Waals surface area contributed by atoms with Gasteiger partial charge in [0.2, 0.25) is 5.91 Å². The molecule has 0 fully saturated rings. The number of carbonyl (C=O) groups is 2. The van der Waals surface area contributed by atoms with E-state index in [2.05, 4.69) is 10.5 Å². The number of methoxy groups -OCH3 is 2.